The predicted octanol–water partition coefficient (Wildman–Crippen LogP) is 2.14. The van der Waals surface area contributed by atoms with Crippen molar-refractivity contribution >= 4 is 5.91 Å². The summed E-state index contributed by atoms with van der Waals surface area (Å²) in [7, 11) is 1.79. The summed E-state index contributed by atoms with van der Waals surface area (Å²) < 4.78 is 1.60. The molecule has 28 heavy (non-hydrogen) atoms. The molecule has 1 aliphatic rings. The second-order valence-electron chi connectivity index (χ2n) is 7.26. The van der Waals surface area contributed by atoms with Gasteiger partial charge in [-0.3, -0.25) is 9.69 Å². The van der Waals surface area contributed by atoms with Crippen molar-refractivity contribution in [3.8, 4) is 11.4 Å². The molecule has 0 atom stereocenters. The molecule has 1 fully saturated rings. The minimum atomic E-state index is 0.0622. The highest BCUT2D eigenvalue weighted by Gasteiger charge is 2.22. The summed E-state index contributed by atoms with van der Waals surface area (Å²) >= 11 is 0. The van der Waals surface area contributed by atoms with Gasteiger partial charge in [0.1, 0.15) is 0 Å². The molecule has 1 saturated heterocycles. The van der Waals surface area contributed by atoms with Gasteiger partial charge in [-0.05, 0) is 35.0 Å². The molecule has 4 rings (SSSR count). The van der Waals surface area contributed by atoms with E-state index in [0.717, 1.165) is 38.3 Å². The van der Waals surface area contributed by atoms with Gasteiger partial charge in [0.2, 0.25) is 0 Å². The number of hydrogen-bond donors (Lipinski definition) is 0. The van der Waals surface area contributed by atoms with Crippen molar-refractivity contribution < 1.29 is 4.79 Å². The molecule has 0 spiro atoms. The van der Waals surface area contributed by atoms with Gasteiger partial charge in [-0.15, -0.1) is 5.10 Å². The first-order chi connectivity index (χ1) is 13.6. The summed E-state index contributed by atoms with van der Waals surface area (Å²) in [5.74, 6) is 0.713. The van der Waals surface area contributed by atoms with Gasteiger partial charge in [-0.2, -0.15) is 0 Å². The molecule has 144 valence electrons. The number of hydrogen-bond acceptors (Lipinski definition) is 5. The summed E-state index contributed by atoms with van der Waals surface area (Å²) in [6.45, 7) is 6.28. The molecular weight excluding hydrogens is 352 g/mol. The van der Waals surface area contributed by atoms with Crippen molar-refractivity contribution in [1.29, 1.82) is 0 Å². The molecule has 2 heterocycles. The molecule has 1 aliphatic heterocycles. The number of carbonyl (C=O) groups is 1. The summed E-state index contributed by atoms with van der Waals surface area (Å²) in [6.07, 6.45) is 0. The van der Waals surface area contributed by atoms with Crippen LogP contribution in [0.3, 0.4) is 0 Å². The standard InChI is InChI=1S/C21H24N6O/c1-16-5-3-6-17(13-16)15-26-9-11-27(12-10-26)21(28)19-8-4-7-18(14-19)20-22-23-24-25(20)2/h3-8,13-14H,9-12,15H2,1-2H3. The van der Waals surface area contributed by atoms with Crippen LogP contribution in [-0.2, 0) is 13.6 Å². The third kappa shape index (κ3) is 3.94. The first-order valence-electron chi connectivity index (χ1n) is 9.50. The smallest absolute Gasteiger partial charge is 0.253 e. The Balaban J connectivity index is 1.40. The maximum Gasteiger partial charge on any atom is 0.253 e. The number of amides is 1. The maximum absolute atomic E-state index is 13.0. The van der Waals surface area contributed by atoms with E-state index in [1.165, 1.54) is 11.1 Å². The van der Waals surface area contributed by atoms with Crippen molar-refractivity contribution in [1.82, 2.24) is 30.0 Å². The summed E-state index contributed by atoms with van der Waals surface area (Å²) in [6, 6.07) is 16.1. The van der Waals surface area contributed by atoms with Gasteiger partial charge in [-0.1, -0.05) is 42.0 Å². The van der Waals surface area contributed by atoms with Crippen LogP contribution < -0.4 is 0 Å². The van der Waals surface area contributed by atoms with E-state index in [0.29, 0.717) is 11.4 Å². The molecule has 0 N–H and O–H groups in total. The molecule has 1 aromatic heterocycles. The van der Waals surface area contributed by atoms with Crippen LogP contribution in [0, 0.1) is 6.92 Å². The van der Waals surface area contributed by atoms with E-state index >= 15 is 0 Å². The average molecular weight is 376 g/mol. The van der Waals surface area contributed by atoms with E-state index in [4.69, 9.17) is 0 Å². The highest BCUT2D eigenvalue weighted by atomic mass is 16.2. The van der Waals surface area contributed by atoms with E-state index in [1.807, 2.05) is 29.2 Å². The average Bonchev–Trinajstić information content (AvgIpc) is 3.14. The Kier molecular flexibility index (Phi) is 5.16. The Hall–Kier alpha value is -3.06. The lowest BCUT2D eigenvalue weighted by atomic mass is 10.1. The fourth-order valence-corrected chi connectivity index (χ4v) is 3.63. The molecule has 7 nitrogen and oxygen atoms in total. The first kappa shape index (κ1) is 18.3. The molecule has 0 saturated carbocycles. The van der Waals surface area contributed by atoms with Crippen LogP contribution in [0.1, 0.15) is 21.5 Å². The lowest BCUT2D eigenvalue weighted by molar-refractivity contribution is 0.0628. The van der Waals surface area contributed by atoms with E-state index < -0.39 is 0 Å². The number of piperazine rings is 1. The first-order valence-corrected chi connectivity index (χ1v) is 9.50. The lowest BCUT2D eigenvalue weighted by Crippen LogP contribution is -2.48. The monoisotopic (exact) mass is 376 g/mol. The highest BCUT2D eigenvalue weighted by molar-refractivity contribution is 5.95. The van der Waals surface area contributed by atoms with Gasteiger partial charge in [0.05, 0.1) is 0 Å². The summed E-state index contributed by atoms with van der Waals surface area (Å²) in [5.41, 5.74) is 4.12. The van der Waals surface area contributed by atoms with E-state index in [2.05, 4.69) is 51.6 Å². The fourth-order valence-electron chi connectivity index (χ4n) is 3.63. The predicted molar refractivity (Wildman–Crippen MR) is 107 cm³/mol. The van der Waals surface area contributed by atoms with Crippen LogP contribution in [0.4, 0.5) is 0 Å². The zero-order chi connectivity index (χ0) is 19.5. The lowest BCUT2D eigenvalue weighted by Gasteiger charge is -2.35. The summed E-state index contributed by atoms with van der Waals surface area (Å²) in [4.78, 5) is 17.3. The Labute approximate surface area is 164 Å². The fraction of sp³-hybridized carbons (Fsp3) is 0.333. The molecule has 0 aliphatic carbocycles. The molecule has 0 unspecified atom stereocenters. The van der Waals surface area contributed by atoms with Crippen LogP contribution >= 0.6 is 0 Å². The Morgan fingerprint density at radius 3 is 2.54 bits per heavy atom. The molecule has 2 aromatic carbocycles. The van der Waals surface area contributed by atoms with Gasteiger partial charge < -0.3 is 4.90 Å². The molecule has 7 heteroatoms. The SMILES string of the molecule is Cc1cccc(CN2CCN(C(=O)c3cccc(-c4nnnn4C)c3)CC2)c1. The Bertz CT molecular complexity index is 974. The van der Waals surface area contributed by atoms with Crippen LogP contribution in [0.25, 0.3) is 11.4 Å². The maximum atomic E-state index is 13.0. The van der Waals surface area contributed by atoms with Gasteiger partial charge >= 0.3 is 0 Å². The van der Waals surface area contributed by atoms with Crippen molar-refractivity contribution in [3.63, 3.8) is 0 Å². The zero-order valence-corrected chi connectivity index (χ0v) is 16.2. The number of nitrogens with zero attached hydrogens (tertiary/aromatic N) is 6. The zero-order valence-electron chi connectivity index (χ0n) is 16.2. The second kappa shape index (κ2) is 7.90. The topological polar surface area (TPSA) is 67.2 Å². The van der Waals surface area contributed by atoms with Gasteiger partial charge in [-0.25, -0.2) is 4.68 Å². The van der Waals surface area contributed by atoms with Crippen molar-refractivity contribution in [2.45, 2.75) is 13.5 Å². The minimum absolute atomic E-state index is 0.0622. The molecular formula is C21H24N6O. The second-order valence-corrected chi connectivity index (χ2v) is 7.26. The Morgan fingerprint density at radius 1 is 1.04 bits per heavy atom. The Morgan fingerprint density at radius 2 is 1.82 bits per heavy atom. The molecule has 0 bridgehead atoms. The normalized spacial score (nSPS) is 15.0. The molecule has 3 aromatic rings. The number of benzene rings is 2. The van der Waals surface area contributed by atoms with E-state index in [1.54, 1.807) is 11.7 Å². The van der Waals surface area contributed by atoms with Crippen molar-refractivity contribution in [2.24, 2.45) is 7.05 Å². The van der Waals surface area contributed by atoms with Gasteiger partial charge in [0.15, 0.2) is 5.82 Å². The largest absolute Gasteiger partial charge is 0.336 e. The quantitative estimate of drug-likeness (QED) is 0.698. The van der Waals surface area contributed by atoms with Crippen molar-refractivity contribution in [3.05, 3.63) is 65.2 Å². The van der Waals surface area contributed by atoms with Crippen LogP contribution in [0.5, 0.6) is 0 Å². The third-order valence-corrected chi connectivity index (χ3v) is 5.14. The molecule has 1 amide bonds. The van der Waals surface area contributed by atoms with Gasteiger partial charge in [0.25, 0.3) is 5.91 Å². The number of carbonyl (C=O) groups excluding carboxylic acids is 1. The van der Waals surface area contributed by atoms with Crippen LogP contribution in [-0.4, -0.2) is 62.1 Å². The van der Waals surface area contributed by atoms with Crippen LogP contribution in [0.15, 0.2) is 48.5 Å². The number of aromatic nitrogens is 4. The van der Waals surface area contributed by atoms with Gasteiger partial charge in [0, 0.05) is 50.9 Å². The summed E-state index contributed by atoms with van der Waals surface area (Å²) in [5, 5.41) is 11.6. The van der Waals surface area contributed by atoms with E-state index in [9.17, 15) is 4.79 Å². The molecule has 0 radical (unpaired) electrons. The van der Waals surface area contributed by atoms with Crippen molar-refractivity contribution in [2.75, 3.05) is 26.2 Å². The highest BCUT2D eigenvalue weighted by Crippen LogP contribution is 2.19. The van der Waals surface area contributed by atoms with E-state index in [-0.39, 0.29) is 5.91 Å². The number of tetrazole rings is 1. The minimum Gasteiger partial charge on any atom is -0.336 e. The number of rotatable bonds is 4. The third-order valence-electron chi connectivity index (χ3n) is 5.14. The van der Waals surface area contributed by atoms with Crippen LogP contribution in [0.2, 0.25) is 0 Å². The number of aryl methyl sites for hydroxylation is 2.